The Balaban J connectivity index is 2.53. The van der Waals surface area contributed by atoms with E-state index in [1.807, 2.05) is 6.07 Å². The topological polar surface area (TPSA) is 64.9 Å². The van der Waals surface area contributed by atoms with Crippen LogP contribution in [0, 0.1) is 11.3 Å². The number of amides is 1. The van der Waals surface area contributed by atoms with Crippen molar-refractivity contribution in [3.63, 3.8) is 0 Å². The minimum atomic E-state index is -0.0707. The molecule has 1 aromatic rings. The van der Waals surface area contributed by atoms with Gasteiger partial charge in [-0.3, -0.25) is 4.79 Å². The van der Waals surface area contributed by atoms with Gasteiger partial charge in [-0.25, -0.2) is 0 Å². The van der Waals surface area contributed by atoms with E-state index in [1.54, 1.807) is 18.2 Å². The lowest BCUT2D eigenvalue weighted by Crippen LogP contribution is -2.26. The number of anilines is 1. The van der Waals surface area contributed by atoms with E-state index in [9.17, 15) is 4.79 Å². The van der Waals surface area contributed by atoms with Crippen LogP contribution in [0.2, 0.25) is 5.02 Å². The smallest absolute Gasteiger partial charge is 0.216 e. The molecule has 5 heteroatoms. The van der Waals surface area contributed by atoms with Crippen molar-refractivity contribution >= 4 is 23.2 Å². The Morgan fingerprint density at radius 3 is 2.88 bits per heavy atom. The first-order valence-corrected chi connectivity index (χ1v) is 5.19. The van der Waals surface area contributed by atoms with Crippen LogP contribution in [0.4, 0.5) is 5.69 Å². The predicted molar refractivity (Wildman–Crippen MR) is 63.3 cm³/mol. The Morgan fingerprint density at radius 2 is 2.25 bits per heavy atom. The van der Waals surface area contributed by atoms with Gasteiger partial charge in [-0.2, -0.15) is 5.26 Å². The van der Waals surface area contributed by atoms with Crippen molar-refractivity contribution in [3.05, 3.63) is 28.8 Å². The summed E-state index contributed by atoms with van der Waals surface area (Å²) in [4.78, 5) is 10.6. The van der Waals surface area contributed by atoms with E-state index in [0.29, 0.717) is 29.4 Å². The Kier molecular flexibility index (Phi) is 4.62. The number of hydrogen-bond acceptors (Lipinski definition) is 3. The molecule has 0 heterocycles. The highest BCUT2D eigenvalue weighted by atomic mass is 35.5. The molecule has 0 aromatic heterocycles. The first-order chi connectivity index (χ1) is 7.63. The van der Waals surface area contributed by atoms with E-state index in [-0.39, 0.29) is 5.91 Å². The normalized spacial score (nSPS) is 9.31. The molecule has 0 aliphatic rings. The maximum Gasteiger partial charge on any atom is 0.216 e. The minimum Gasteiger partial charge on any atom is -0.382 e. The Hall–Kier alpha value is -1.73. The molecule has 0 fully saturated rings. The summed E-state index contributed by atoms with van der Waals surface area (Å²) in [6.45, 7) is 2.54. The number of carbonyl (C=O) groups excluding carboxylic acids is 1. The molecule has 0 atom stereocenters. The van der Waals surface area contributed by atoms with E-state index in [0.717, 1.165) is 0 Å². The van der Waals surface area contributed by atoms with Gasteiger partial charge in [0, 0.05) is 20.0 Å². The Bertz CT molecular complexity index is 426. The largest absolute Gasteiger partial charge is 0.382 e. The number of nitriles is 1. The summed E-state index contributed by atoms with van der Waals surface area (Å²) in [6, 6.07) is 7.03. The van der Waals surface area contributed by atoms with E-state index < -0.39 is 0 Å². The molecule has 0 radical (unpaired) electrons. The van der Waals surface area contributed by atoms with Gasteiger partial charge in [0.25, 0.3) is 0 Å². The lowest BCUT2D eigenvalue weighted by Gasteiger charge is -2.08. The number of benzene rings is 1. The van der Waals surface area contributed by atoms with Crippen molar-refractivity contribution in [1.82, 2.24) is 5.32 Å². The van der Waals surface area contributed by atoms with E-state index in [4.69, 9.17) is 16.9 Å². The van der Waals surface area contributed by atoms with Crippen LogP contribution >= 0.6 is 11.6 Å². The molecule has 0 aliphatic carbocycles. The fourth-order valence-electron chi connectivity index (χ4n) is 1.17. The van der Waals surface area contributed by atoms with Crippen LogP contribution in [0.5, 0.6) is 0 Å². The van der Waals surface area contributed by atoms with Gasteiger partial charge < -0.3 is 10.6 Å². The molecule has 0 aliphatic heterocycles. The third-order valence-electron chi connectivity index (χ3n) is 1.91. The second-order valence-electron chi connectivity index (χ2n) is 3.22. The summed E-state index contributed by atoms with van der Waals surface area (Å²) in [7, 11) is 0. The lowest BCUT2D eigenvalue weighted by atomic mass is 10.2. The molecule has 0 saturated carbocycles. The SMILES string of the molecule is CC(=O)NCCNc1cc(C#N)ccc1Cl. The van der Waals surface area contributed by atoms with Gasteiger partial charge >= 0.3 is 0 Å². The van der Waals surface area contributed by atoms with E-state index in [1.165, 1.54) is 6.92 Å². The van der Waals surface area contributed by atoms with Crippen molar-refractivity contribution in [3.8, 4) is 6.07 Å². The maximum absolute atomic E-state index is 10.6. The standard InChI is InChI=1S/C11H12ClN3O/c1-8(16)14-4-5-15-11-6-9(7-13)2-3-10(11)12/h2-3,6,15H,4-5H2,1H3,(H,14,16). The second-order valence-corrected chi connectivity index (χ2v) is 3.62. The highest BCUT2D eigenvalue weighted by Crippen LogP contribution is 2.22. The van der Waals surface area contributed by atoms with Crippen LogP contribution < -0.4 is 10.6 Å². The van der Waals surface area contributed by atoms with Gasteiger partial charge in [-0.05, 0) is 18.2 Å². The highest BCUT2D eigenvalue weighted by molar-refractivity contribution is 6.33. The monoisotopic (exact) mass is 237 g/mol. The minimum absolute atomic E-state index is 0.0707. The van der Waals surface area contributed by atoms with Gasteiger partial charge in [-0.1, -0.05) is 11.6 Å². The summed E-state index contributed by atoms with van der Waals surface area (Å²) in [5.74, 6) is -0.0707. The fourth-order valence-corrected chi connectivity index (χ4v) is 1.35. The zero-order valence-electron chi connectivity index (χ0n) is 8.88. The van der Waals surface area contributed by atoms with E-state index in [2.05, 4.69) is 10.6 Å². The average molecular weight is 238 g/mol. The molecule has 16 heavy (non-hydrogen) atoms. The van der Waals surface area contributed by atoms with Crippen LogP contribution in [0.15, 0.2) is 18.2 Å². The quantitative estimate of drug-likeness (QED) is 0.785. The number of rotatable bonds is 4. The highest BCUT2D eigenvalue weighted by Gasteiger charge is 2.01. The second kappa shape index (κ2) is 5.99. The van der Waals surface area contributed by atoms with Crippen molar-refractivity contribution in [2.24, 2.45) is 0 Å². The molecule has 2 N–H and O–H groups in total. The summed E-state index contributed by atoms with van der Waals surface area (Å²) in [5.41, 5.74) is 1.25. The van der Waals surface area contributed by atoms with Crippen LogP contribution in [0.25, 0.3) is 0 Å². The Morgan fingerprint density at radius 1 is 1.50 bits per heavy atom. The third kappa shape index (κ3) is 3.79. The maximum atomic E-state index is 10.6. The van der Waals surface area contributed by atoms with Crippen LogP contribution in [-0.4, -0.2) is 19.0 Å². The molecule has 0 bridgehead atoms. The van der Waals surface area contributed by atoms with Crippen LogP contribution in [0.1, 0.15) is 12.5 Å². The molecular formula is C11H12ClN3O. The van der Waals surface area contributed by atoms with Crippen LogP contribution in [-0.2, 0) is 4.79 Å². The molecule has 84 valence electrons. The van der Waals surface area contributed by atoms with Gasteiger partial charge in [0.05, 0.1) is 22.3 Å². The van der Waals surface area contributed by atoms with Crippen molar-refractivity contribution < 1.29 is 4.79 Å². The van der Waals surface area contributed by atoms with Gasteiger partial charge in [0.2, 0.25) is 5.91 Å². The van der Waals surface area contributed by atoms with Crippen molar-refractivity contribution in [2.45, 2.75) is 6.92 Å². The molecular weight excluding hydrogens is 226 g/mol. The molecule has 0 unspecified atom stereocenters. The third-order valence-corrected chi connectivity index (χ3v) is 2.24. The summed E-state index contributed by atoms with van der Waals surface area (Å²) < 4.78 is 0. The number of halogens is 1. The zero-order chi connectivity index (χ0) is 12.0. The zero-order valence-corrected chi connectivity index (χ0v) is 9.64. The molecule has 1 amide bonds. The number of carbonyl (C=O) groups is 1. The number of nitrogens with zero attached hydrogens (tertiary/aromatic N) is 1. The van der Waals surface area contributed by atoms with E-state index >= 15 is 0 Å². The van der Waals surface area contributed by atoms with Crippen molar-refractivity contribution in [2.75, 3.05) is 18.4 Å². The predicted octanol–water partition coefficient (Wildman–Crippen LogP) is 1.76. The fraction of sp³-hybridized carbons (Fsp3) is 0.273. The molecule has 4 nitrogen and oxygen atoms in total. The van der Waals surface area contributed by atoms with Gasteiger partial charge in [-0.15, -0.1) is 0 Å². The number of nitrogens with one attached hydrogen (secondary N) is 2. The van der Waals surface area contributed by atoms with Crippen LogP contribution in [0.3, 0.4) is 0 Å². The molecule has 0 spiro atoms. The molecule has 1 aromatic carbocycles. The van der Waals surface area contributed by atoms with Crippen molar-refractivity contribution in [1.29, 1.82) is 5.26 Å². The number of hydrogen-bond donors (Lipinski definition) is 2. The summed E-state index contributed by atoms with van der Waals surface area (Å²) in [6.07, 6.45) is 0. The summed E-state index contributed by atoms with van der Waals surface area (Å²) >= 11 is 5.94. The first-order valence-electron chi connectivity index (χ1n) is 4.81. The summed E-state index contributed by atoms with van der Waals surface area (Å²) in [5, 5.41) is 15.0. The van der Waals surface area contributed by atoms with Gasteiger partial charge in [0.1, 0.15) is 0 Å². The lowest BCUT2D eigenvalue weighted by molar-refractivity contribution is -0.118. The Labute approximate surface area is 99.2 Å². The first kappa shape index (κ1) is 12.3. The average Bonchev–Trinajstić information content (AvgIpc) is 2.26. The molecule has 0 saturated heterocycles. The molecule has 1 rings (SSSR count). The van der Waals surface area contributed by atoms with Gasteiger partial charge in [0.15, 0.2) is 0 Å².